The third-order valence-corrected chi connectivity index (χ3v) is 7.73. The molecule has 4 N–H and O–H groups in total. The van der Waals surface area contributed by atoms with Gasteiger partial charge >= 0.3 is 0 Å². The van der Waals surface area contributed by atoms with E-state index in [4.69, 9.17) is 15.7 Å². The summed E-state index contributed by atoms with van der Waals surface area (Å²) in [5, 5.41) is 27.2. The van der Waals surface area contributed by atoms with E-state index in [1.807, 2.05) is 70.4 Å². The van der Waals surface area contributed by atoms with Crippen LogP contribution in [0, 0.1) is 11.3 Å². The summed E-state index contributed by atoms with van der Waals surface area (Å²) in [7, 11) is 0. The number of aromatic hydroxyl groups is 1. The molecule has 0 saturated heterocycles. The number of nitrogens with two attached hydrogens (primary N) is 1. The van der Waals surface area contributed by atoms with Gasteiger partial charge in [-0.05, 0) is 72.5 Å². The number of nitrogens with one attached hydrogen (secondary N) is 1. The number of pyridine rings is 2. The lowest BCUT2D eigenvalue weighted by molar-refractivity contribution is 0.0936. The summed E-state index contributed by atoms with van der Waals surface area (Å²) in [6.45, 7) is 12.0. The first-order valence-electron chi connectivity index (χ1n) is 16.7. The van der Waals surface area contributed by atoms with Crippen molar-refractivity contribution in [3.63, 3.8) is 0 Å². The van der Waals surface area contributed by atoms with Gasteiger partial charge in [0.1, 0.15) is 23.2 Å². The largest absolute Gasteiger partial charge is 0.507 e. The van der Waals surface area contributed by atoms with Crippen LogP contribution in [0.1, 0.15) is 91.4 Å². The van der Waals surface area contributed by atoms with Crippen molar-refractivity contribution in [2.75, 3.05) is 5.73 Å². The maximum atomic E-state index is 13.0. The van der Waals surface area contributed by atoms with Crippen molar-refractivity contribution < 1.29 is 14.7 Å². The van der Waals surface area contributed by atoms with Crippen LogP contribution in [-0.2, 0) is 6.42 Å². The van der Waals surface area contributed by atoms with Crippen molar-refractivity contribution >= 4 is 29.2 Å². The molecule has 0 saturated carbocycles. The summed E-state index contributed by atoms with van der Waals surface area (Å²) in [5.74, 6) is 0.702. The number of phenolic OH excluding ortho intramolecular Hbond substituents is 1. The number of rotatable bonds is 6. The number of benzene rings is 2. The van der Waals surface area contributed by atoms with Gasteiger partial charge < -0.3 is 16.2 Å². The fourth-order valence-corrected chi connectivity index (χ4v) is 5.60. The molecule has 0 spiro atoms. The molecular weight excluding hydrogens is 630 g/mol. The van der Waals surface area contributed by atoms with Crippen LogP contribution >= 0.6 is 0 Å². The van der Waals surface area contributed by atoms with E-state index in [0.717, 1.165) is 16.8 Å². The van der Waals surface area contributed by atoms with Crippen molar-refractivity contribution in [3.05, 3.63) is 107 Å². The van der Waals surface area contributed by atoms with Gasteiger partial charge in [-0.25, -0.2) is 19.6 Å². The van der Waals surface area contributed by atoms with E-state index in [1.54, 1.807) is 41.5 Å². The van der Waals surface area contributed by atoms with Gasteiger partial charge in [-0.1, -0.05) is 47.6 Å². The number of hydrogen-bond acceptors (Lipinski definition) is 9. The Morgan fingerprint density at radius 3 is 2.48 bits per heavy atom. The topological polar surface area (TPSA) is 178 Å². The number of aldehydes is 1. The fourth-order valence-electron chi connectivity index (χ4n) is 5.60. The first kappa shape index (κ1) is 36.5. The zero-order valence-corrected chi connectivity index (χ0v) is 29.0. The first-order chi connectivity index (χ1) is 24.4. The Balaban J connectivity index is 0.000000890. The monoisotopic (exact) mass is 671 g/mol. The van der Waals surface area contributed by atoms with Gasteiger partial charge in [0.2, 0.25) is 0 Å². The Bertz CT molecular complexity index is 2150. The van der Waals surface area contributed by atoms with E-state index in [0.29, 0.717) is 53.1 Å². The van der Waals surface area contributed by atoms with Crippen LogP contribution in [0.3, 0.4) is 0 Å². The minimum absolute atomic E-state index is 0.0515. The molecule has 12 nitrogen and oxygen atoms in total. The Morgan fingerprint density at radius 2 is 1.80 bits per heavy atom. The van der Waals surface area contributed by atoms with Crippen molar-refractivity contribution in [1.82, 2.24) is 34.6 Å². The average Bonchev–Trinajstić information content (AvgIpc) is 3.93. The highest BCUT2D eigenvalue weighted by Gasteiger charge is 2.27. The van der Waals surface area contributed by atoms with Gasteiger partial charge in [-0.3, -0.25) is 14.2 Å². The van der Waals surface area contributed by atoms with Crippen LogP contribution in [0.15, 0.2) is 79.3 Å². The van der Waals surface area contributed by atoms with E-state index >= 15 is 0 Å². The number of fused-ring (bicyclic) bond motifs is 2. The molecule has 256 valence electrons. The molecule has 1 aliphatic carbocycles. The highest BCUT2D eigenvalue weighted by atomic mass is 16.3. The molecule has 0 aliphatic heterocycles. The molecule has 1 amide bonds. The molecule has 4 heterocycles. The third kappa shape index (κ3) is 7.07. The summed E-state index contributed by atoms with van der Waals surface area (Å²) in [6, 6.07) is 19.1. The van der Waals surface area contributed by atoms with E-state index in [1.165, 1.54) is 18.2 Å². The second-order valence-electron chi connectivity index (χ2n) is 10.3. The highest BCUT2D eigenvalue weighted by Crippen LogP contribution is 2.36. The van der Waals surface area contributed by atoms with Crippen molar-refractivity contribution in [2.45, 2.75) is 60.4 Å². The molecule has 50 heavy (non-hydrogen) atoms. The summed E-state index contributed by atoms with van der Waals surface area (Å²) < 4.78 is 3.44. The molecule has 2 aromatic carbocycles. The number of hydrogen-bond donors (Lipinski definition) is 3. The quantitative estimate of drug-likeness (QED) is 0.155. The summed E-state index contributed by atoms with van der Waals surface area (Å²) >= 11 is 0. The van der Waals surface area contributed by atoms with E-state index in [-0.39, 0.29) is 34.6 Å². The first-order valence-corrected chi connectivity index (χ1v) is 16.7. The molecule has 0 bridgehead atoms. The summed E-state index contributed by atoms with van der Waals surface area (Å²) in [4.78, 5) is 38.2. The predicted octanol–water partition coefficient (Wildman–Crippen LogP) is 7.14. The zero-order chi connectivity index (χ0) is 36.4. The lowest BCUT2D eigenvalue weighted by atomic mass is 10.1. The average molecular weight is 672 g/mol. The highest BCUT2D eigenvalue weighted by molar-refractivity contribution is 5.97. The third-order valence-electron chi connectivity index (χ3n) is 7.73. The second kappa shape index (κ2) is 16.7. The van der Waals surface area contributed by atoms with E-state index < -0.39 is 0 Å². The Kier molecular flexibility index (Phi) is 12.2. The van der Waals surface area contributed by atoms with Gasteiger partial charge in [0.05, 0.1) is 22.7 Å². The molecule has 0 radical (unpaired) electrons. The van der Waals surface area contributed by atoms with Gasteiger partial charge in [-0.15, -0.1) is 0 Å². The van der Waals surface area contributed by atoms with Crippen LogP contribution in [-0.4, -0.2) is 46.6 Å². The van der Waals surface area contributed by atoms with Gasteiger partial charge in [0, 0.05) is 35.9 Å². The minimum atomic E-state index is -0.343. The van der Waals surface area contributed by atoms with Crippen molar-refractivity contribution in [1.29, 1.82) is 5.26 Å². The Labute approximate surface area is 291 Å². The maximum absolute atomic E-state index is 13.0. The molecule has 1 aliphatic rings. The number of nitrogen functional groups attached to an aromatic ring is 1. The number of imidazole rings is 1. The van der Waals surface area contributed by atoms with Gasteiger partial charge in [-0.2, -0.15) is 10.4 Å². The minimum Gasteiger partial charge on any atom is -0.507 e. The number of carbonyl (C=O) groups is 2. The molecule has 6 aromatic rings. The fraction of sp³-hybridized carbons (Fsp3) is 0.237. The number of carbonyl (C=O) groups excluding carboxylic acids is 2. The smallest absolute Gasteiger partial charge is 0.251 e. The zero-order valence-electron chi connectivity index (χ0n) is 29.0. The molecule has 1 atom stereocenters. The van der Waals surface area contributed by atoms with Crippen LogP contribution in [0.5, 0.6) is 5.75 Å². The molecule has 12 heteroatoms. The van der Waals surface area contributed by atoms with Crippen LogP contribution < -0.4 is 11.1 Å². The molecule has 0 fully saturated rings. The Morgan fingerprint density at radius 1 is 1.02 bits per heavy atom. The lowest BCUT2D eigenvalue weighted by Crippen LogP contribution is -2.27. The number of phenols is 1. The molecular formula is C38H41N9O3. The van der Waals surface area contributed by atoms with Gasteiger partial charge in [0.15, 0.2) is 23.6 Å². The normalized spacial score (nSPS) is 12.5. The number of nitrogens with zero attached hydrogens (tertiary/aromatic N) is 7. The molecule has 7 rings (SSSR count). The van der Waals surface area contributed by atoms with Crippen molar-refractivity contribution in [2.24, 2.45) is 0 Å². The summed E-state index contributed by atoms with van der Waals surface area (Å²) in [6.07, 6.45) is 6.88. The van der Waals surface area contributed by atoms with Crippen LogP contribution in [0.2, 0.25) is 0 Å². The number of aryl methyl sites for hydroxylation is 1. The predicted molar refractivity (Wildman–Crippen MR) is 194 cm³/mol. The molecule has 4 aromatic heterocycles. The SMILES string of the molecule is CC.CC.CC.N#Cc1cc(-n2cccn2)nc2c1nc(-c1cccnc1N)n2-c1ccc2c(c1)CCC2NC(=O)c1ccc(O)c(C=O)c1. The second-order valence-corrected chi connectivity index (χ2v) is 10.3. The standard InChI is InChI=1S/C32H23N9O3.3C2H6/c33-16-20-15-27(40-12-2-11-36-40)38-31-28(20)39-30(24-3-1-10-35-29(24)34)41(31)22-6-7-23-18(14-22)4-8-25(23)37-32(44)19-5-9-26(43)21(13-19)17-42;3*1-2/h1-3,5-7,9-15,17,25,43H,4,8H2,(H2,34,35)(H,37,44);3*1-2H3. The van der Waals surface area contributed by atoms with Gasteiger partial charge in [0.25, 0.3) is 5.91 Å². The van der Waals surface area contributed by atoms with Crippen molar-refractivity contribution in [3.8, 4) is 34.7 Å². The van der Waals surface area contributed by atoms with Crippen LogP contribution in [0.4, 0.5) is 5.82 Å². The number of aromatic nitrogens is 6. The summed E-state index contributed by atoms with van der Waals surface area (Å²) in [5.41, 5.74) is 11.2. The van der Waals surface area contributed by atoms with E-state index in [9.17, 15) is 20.0 Å². The molecule has 1 unspecified atom stereocenters. The van der Waals surface area contributed by atoms with E-state index in [2.05, 4.69) is 21.5 Å². The maximum Gasteiger partial charge on any atom is 0.251 e. The Hall–Kier alpha value is -6.35. The number of nitriles is 1. The number of anilines is 1. The lowest BCUT2D eigenvalue weighted by Gasteiger charge is -2.16. The number of amides is 1. The van der Waals surface area contributed by atoms with Crippen LogP contribution in [0.25, 0.3) is 34.1 Å².